The fourth-order valence-electron chi connectivity index (χ4n) is 3.43. The van der Waals surface area contributed by atoms with Gasteiger partial charge in [0, 0.05) is 30.8 Å². The Hall–Kier alpha value is -1.78. The normalized spacial score (nSPS) is 17.5. The Kier molecular flexibility index (Phi) is 6.00. The number of aliphatic hydroxyl groups excluding tert-OH is 1. The largest absolute Gasteiger partial charge is 0.396 e. The molecule has 1 fully saturated rings. The minimum atomic E-state index is -3.80. The van der Waals surface area contributed by atoms with Crippen molar-refractivity contribution in [2.45, 2.75) is 11.3 Å². The van der Waals surface area contributed by atoms with Crippen LogP contribution in [-0.2, 0) is 10.0 Å². The zero-order chi connectivity index (χ0) is 21.5. The molecule has 1 aliphatic rings. The number of halogens is 3. The van der Waals surface area contributed by atoms with Gasteiger partial charge in [0.25, 0.3) is 0 Å². The molecule has 3 aromatic rings. The topological polar surface area (TPSA) is 86.3 Å². The number of rotatable bonds is 5. The summed E-state index contributed by atoms with van der Waals surface area (Å²) in [4.78, 5) is 7.41. The van der Waals surface area contributed by atoms with Crippen LogP contribution in [0.3, 0.4) is 0 Å². The molecule has 158 valence electrons. The molecule has 0 radical (unpaired) electrons. The highest BCUT2D eigenvalue weighted by Gasteiger charge is 2.33. The number of hydrogen-bond acceptors (Lipinski definition) is 4. The Bertz CT molecular complexity index is 1200. The summed E-state index contributed by atoms with van der Waals surface area (Å²) in [7, 11) is -3.80. The summed E-state index contributed by atoms with van der Waals surface area (Å²) in [5.41, 5.74) is 1.75. The predicted molar refractivity (Wildman–Crippen MR) is 116 cm³/mol. The number of aliphatic hydroxyl groups is 1. The second-order valence-corrected chi connectivity index (χ2v) is 10.3. The van der Waals surface area contributed by atoms with Crippen molar-refractivity contribution in [3.8, 4) is 22.6 Å². The molecule has 30 heavy (non-hydrogen) atoms. The van der Waals surface area contributed by atoms with Crippen LogP contribution in [0, 0.1) is 11.7 Å². The van der Waals surface area contributed by atoms with Crippen LogP contribution < -0.4 is 0 Å². The molecule has 2 aromatic carbocycles. The molecule has 0 saturated carbocycles. The van der Waals surface area contributed by atoms with E-state index in [9.17, 15) is 17.9 Å². The van der Waals surface area contributed by atoms with Gasteiger partial charge >= 0.3 is 0 Å². The lowest BCUT2D eigenvalue weighted by molar-refractivity contribution is 0.233. The van der Waals surface area contributed by atoms with E-state index in [2.05, 4.69) is 25.9 Å². The number of nitrogens with zero attached hydrogens (tertiary/aromatic N) is 2. The summed E-state index contributed by atoms with van der Waals surface area (Å²) in [6, 6.07) is 9.40. The maximum absolute atomic E-state index is 13.8. The fraction of sp³-hybridized carbons (Fsp3) is 0.250. The molecular formula is C20H18BrClFN3O3S. The zero-order valence-corrected chi connectivity index (χ0v) is 18.8. The van der Waals surface area contributed by atoms with Crippen molar-refractivity contribution < 1.29 is 17.9 Å². The van der Waals surface area contributed by atoms with Gasteiger partial charge in [0.2, 0.25) is 10.0 Å². The van der Waals surface area contributed by atoms with Crippen LogP contribution in [0.15, 0.2) is 52.0 Å². The molecular weight excluding hydrogens is 497 g/mol. The van der Waals surface area contributed by atoms with E-state index >= 15 is 0 Å². The monoisotopic (exact) mass is 513 g/mol. The highest BCUT2D eigenvalue weighted by atomic mass is 79.9. The molecule has 2 heterocycles. The maximum atomic E-state index is 13.8. The van der Waals surface area contributed by atoms with Crippen LogP contribution in [-0.4, -0.2) is 47.5 Å². The average Bonchev–Trinajstić information content (AvgIpc) is 3.40. The molecule has 0 aliphatic carbocycles. The van der Waals surface area contributed by atoms with Gasteiger partial charge in [0.1, 0.15) is 16.5 Å². The Morgan fingerprint density at radius 1 is 1.27 bits per heavy atom. The first-order chi connectivity index (χ1) is 14.3. The summed E-state index contributed by atoms with van der Waals surface area (Å²) in [5.74, 6) is -0.0212. The van der Waals surface area contributed by atoms with Crippen LogP contribution in [0.25, 0.3) is 22.6 Å². The Labute approximate surface area is 186 Å². The summed E-state index contributed by atoms with van der Waals surface area (Å²) in [5, 5.41) is 9.43. The van der Waals surface area contributed by atoms with Gasteiger partial charge in [-0.1, -0.05) is 17.7 Å². The standard InChI is InChI=1S/C20H18BrClFN3O3S/c21-15-3-1-13(7-17(15)23)18-9-24-20(25-18)14-2-4-16(22)19(8-14)30(28,29)26-6-5-12(10-26)11-27/h1-4,7-9,12,27H,5-6,10-11H2,(H,24,25)/t12-/m0/s1. The summed E-state index contributed by atoms with van der Waals surface area (Å²) in [6.07, 6.45) is 2.17. The number of aromatic amines is 1. The van der Waals surface area contributed by atoms with Gasteiger partial charge in [-0.2, -0.15) is 4.31 Å². The van der Waals surface area contributed by atoms with Gasteiger partial charge < -0.3 is 10.1 Å². The van der Waals surface area contributed by atoms with Crippen molar-refractivity contribution in [1.82, 2.24) is 14.3 Å². The number of sulfonamides is 1. The quantitative estimate of drug-likeness (QED) is 0.531. The molecule has 1 aromatic heterocycles. The van der Waals surface area contributed by atoms with Gasteiger partial charge in [-0.25, -0.2) is 17.8 Å². The van der Waals surface area contributed by atoms with Crippen molar-refractivity contribution in [2.24, 2.45) is 5.92 Å². The maximum Gasteiger partial charge on any atom is 0.244 e. The number of H-pyrrole nitrogens is 1. The molecule has 0 spiro atoms. The Morgan fingerprint density at radius 3 is 2.73 bits per heavy atom. The minimum absolute atomic E-state index is 0.00658. The van der Waals surface area contributed by atoms with Gasteiger partial charge in [-0.05, 0) is 58.6 Å². The second-order valence-electron chi connectivity index (χ2n) is 7.12. The number of imidazole rings is 1. The first-order valence-corrected chi connectivity index (χ1v) is 11.8. The lowest BCUT2D eigenvalue weighted by atomic mass is 10.1. The second kappa shape index (κ2) is 8.39. The highest BCUT2D eigenvalue weighted by molar-refractivity contribution is 9.10. The lowest BCUT2D eigenvalue weighted by Crippen LogP contribution is -2.29. The predicted octanol–water partition coefficient (Wildman–Crippen LogP) is 4.30. The third-order valence-corrected chi connectivity index (χ3v) is 8.13. The summed E-state index contributed by atoms with van der Waals surface area (Å²) >= 11 is 9.34. The van der Waals surface area contributed by atoms with Crippen molar-refractivity contribution in [1.29, 1.82) is 0 Å². The smallest absolute Gasteiger partial charge is 0.244 e. The van der Waals surface area contributed by atoms with E-state index in [0.29, 0.717) is 40.1 Å². The molecule has 4 rings (SSSR count). The van der Waals surface area contributed by atoms with E-state index < -0.39 is 15.8 Å². The molecule has 6 nitrogen and oxygen atoms in total. The van der Waals surface area contributed by atoms with Crippen LogP contribution in [0.5, 0.6) is 0 Å². The molecule has 2 N–H and O–H groups in total. The van der Waals surface area contributed by atoms with Crippen LogP contribution in [0.2, 0.25) is 5.02 Å². The zero-order valence-electron chi connectivity index (χ0n) is 15.6. The van der Waals surface area contributed by atoms with Gasteiger partial charge in [0.05, 0.1) is 21.4 Å². The van der Waals surface area contributed by atoms with E-state index in [1.54, 1.807) is 24.4 Å². The van der Waals surface area contributed by atoms with E-state index in [4.69, 9.17) is 11.6 Å². The number of hydrogen-bond donors (Lipinski definition) is 2. The lowest BCUT2D eigenvalue weighted by Gasteiger charge is -2.17. The molecule has 0 bridgehead atoms. The molecule has 1 aliphatic heterocycles. The Morgan fingerprint density at radius 2 is 2.03 bits per heavy atom. The van der Waals surface area contributed by atoms with Crippen LogP contribution in [0.1, 0.15) is 6.42 Å². The van der Waals surface area contributed by atoms with Crippen molar-refractivity contribution >= 4 is 37.6 Å². The van der Waals surface area contributed by atoms with E-state index in [-0.39, 0.29) is 29.0 Å². The molecule has 1 saturated heterocycles. The first kappa shape index (κ1) is 21.5. The summed E-state index contributed by atoms with van der Waals surface area (Å²) in [6.45, 7) is 0.555. The first-order valence-electron chi connectivity index (χ1n) is 9.21. The van der Waals surface area contributed by atoms with Gasteiger partial charge in [-0.15, -0.1) is 0 Å². The highest BCUT2D eigenvalue weighted by Crippen LogP contribution is 2.32. The Balaban J connectivity index is 1.67. The third-order valence-electron chi connectivity index (χ3n) is 5.14. The fourth-order valence-corrected chi connectivity index (χ4v) is 5.71. The van der Waals surface area contributed by atoms with Crippen LogP contribution >= 0.6 is 27.5 Å². The molecule has 1 atom stereocenters. The van der Waals surface area contributed by atoms with E-state index in [1.165, 1.54) is 22.5 Å². The number of nitrogens with one attached hydrogen (secondary N) is 1. The third kappa shape index (κ3) is 4.04. The van der Waals surface area contributed by atoms with Crippen molar-refractivity contribution in [3.05, 3.63) is 57.9 Å². The van der Waals surface area contributed by atoms with Crippen molar-refractivity contribution in [2.75, 3.05) is 19.7 Å². The van der Waals surface area contributed by atoms with Crippen molar-refractivity contribution in [3.63, 3.8) is 0 Å². The molecule has 0 amide bonds. The van der Waals surface area contributed by atoms with Gasteiger partial charge in [-0.3, -0.25) is 0 Å². The van der Waals surface area contributed by atoms with Gasteiger partial charge in [0.15, 0.2) is 0 Å². The number of aromatic nitrogens is 2. The van der Waals surface area contributed by atoms with Crippen LogP contribution in [0.4, 0.5) is 4.39 Å². The van der Waals surface area contributed by atoms with E-state index in [0.717, 1.165) is 0 Å². The summed E-state index contributed by atoms with van der Waals surface area (Å²) < 4.78 is 41.7. The minimum Gasteiger partial charge on any atom is -0.396 e. The molecule has 10 heteroatoms. The number of benzene rings is 2. The SMILES string of the molecule is O=S(=O)(c1cc(-c2ncc(-c3ccc(Br)c(F)c3)[nH]2)ccc1Cl)N1CC[C@H](CO)C1. The average molecular weight is 515 g/mol. The molecule has 0 unspecified atom stereocenters. The van der Waals surface area contributed by atoms with E-state index in [1.807, 2.05) is 0 Å².